The zero-order valence-electron chi connectivity index (χ0n) is 10.4. The molecular formula is C15H20N2. The highest BCUT2D eigenvalue weighted by atomic mass is 15.0. The molecule has 1 aromatic carbocycles. The Hall–Kier alpha value is -1.54. The van der Waals surface area contributed by atoms with E-state index in [0.29, 0.717) is 6.54 Å². The van der Waals surface area contributed by atoms with Gasteiger partial charge in [0, 0.05) is 23.6 Å². The maximum absolute atomic E-state index is 5.66. The molecule has 0 atom stereocenters. The molecule has 0 saturated heterocycles. The van der Waals surface area contributed by atoms with Crippen LogP contribution in [0.5, 0.6) is 0 Å². The van der Waals surface area contributed by atoms with Crippen molar-refractivity contribution in [3.8, 4) is 0 Å². The van der Waals surface area contributed by atoms with Crippen LogP contribution in [-0.4, -0.2) is 11.1 Å². The van der Waals surface area contributed by atoms with Gasteiger partial charge in [-0.1, -0.05) is 37.3 Å². The van der Waals surface area contributed by atoms with Gasteiger partial charge in [-0.15, -0.1) is 0 Å². The lowest BCUT2D eigenvalue weighted by Gasteiger charge is -2.06. The SMILES string of the molecule is C=C(CC)Cn1cc(CCN)c2ccccc21. The van der Waals surface area contributed by atoms with E-state index in [2.05, 4.69) is 48.5 Å². The molecule has 0 spiro atoms. The fourth-order valence-electron chi connectivity index (χ4n) is 2.16. The van der Waals surface area contributed by atoms with Crippen LogP contribution in [-0.2, 0) is 13.0 Å². The summed E-state index contributed by atoms with van der Waals surface area (Å²) in [4.78, 5) is 0. The maximum Gasteiger partial charge on any atom is 0.0486 e. The number of hydrogen-bond donors (Lipinski definition) is 1. The second-order valence-electron chi connectivity index (χ2n) is 4.44. The number of hydrogen-bond acceptors (Lipinski definition) is 1. The highest BCUT2D eigenvalue weighted by Gasteiger charge is 2.07. The molecule has 0 fully saturated rings. The largest absolute Gasteiger partial charge is 0.343 e. The molecule has 0 aliphatic rings. The molecule has 2 nitrogen and oxygen atoms in total. The third-order valence-corrected chi connectivity index (χ3v) is 3.18. The molecule has 17 heavy (non-hydrogen) atoms. The molecule has 0 bridgehead atoms. The number of benzene rings is 1. The molecule has 2 N–H and O–H groups in total. The molecule has 0 aliphatic heterocycles. The van der Waals surface area contributed by atoms with E-state index in [1.807, 2.05) is 0 Å². The van der Waals surface area contributed by atoms with Gasteiger partial charge in [0.2, 0.25) is 0 Å². The summed E-state index contributed by atoms with van der Waals surface area (Å²) in [6.45, 7) is 7.83. The van der Waals surface area contributed by atoms with E-state index < -0.39 is 0 Å². The molecule has 0 radical (unpaired) electrons. The topological polar surface area (TPSA) is 30.9 Å². The molecule has 0 aliphatic carbocycles. The summed E-state index contributed by atoms with van der Waals surface area (Å²) in [6, 6.07) is 8.50. The minimum atomic E-state index is 0.697. The highest BCUT2D eigenvalue weighted by molar-refractivity contribution is 5.84. The second kappa shape index (κ2) is 5.19. The predicted molar refractivity (Wildman–Crippen MR) is 74.1 cm³/mol. The molecule has 0 unspecified atom stereocenters. The van der Waals surface area contributed by atoms with Gasteiger partial charge in [-0.05, 0) is 31.0 Å². The minimum absolute atomic E-state index is 0.697. The van der Waals surface area contributed by atoms with Crippen LogP contribution in [0.25, 0.3) is 10.9 Å². The van der Waals surface area contributed by atoms with Crippen LogP contribution < -0.4 is 5.73 Å². The first-order chi connectivity index (χ1) is 8.26. The highest BCUT2D eigenvalue weighted by Crippen LogP contribution is 2.22. The Morgan fingerprint density at radius 2 is 2.12 bits per heavy atom. The van der Waals surface area contributed by atoms with Crippen LogP contribution in [0.4, 0.5) is 0 Å². The average Bonchev–Trinajstić information content (AvgIpc) is 2.69. The van der Waals surface area contributed by atoms with Crippen LogP contribution >= 0.6 is 0 Å². The monoisotopic (exact) mass is 228 g/mol. The Balaban J connectivity index is 2.44. The summed E-state index contributed by atoms with van der Waals surface area (Å²) in [5.74, 6) is 0. The Morgan fingerprint density at radius 1 is 1.35 bits per heavy atom. The van der Waals surface area contributed by atoms with Crippen molar-refractivity contribution in [1.29, 1.82) is 0 Å². The first-order valence-electron chi connectivity index (χ1n) is 6.19. The van der Waals surface area contributed by atoms with Crippen molar-refractivity contribution in [1.82, 2.24) is 4.57 Å². The van der Waals surface area contributed by atoms with Gasteiger partial charge in [0.1, 0.15) is 0 Å². The van der Waals surface area contributed by atoms with E-state index in [4.69, 9.17) is 5.73 Å². The van der Waals surface area contributed by atoms with E-state index in [9.17, 15) is 0 Å². The third kappa shape index (κ3) is 2.42. The normalized spacial score (nSPS) is 10.9. The smallest absolute Gasteiger partial charge is 0.0486 e. The van der Waals surface area contributed by atoms with E-state index in [1.165, 1.54) is 22.0 Å². The average molecular weight is 228 g/mol. The summed E-state index contributed by atoms with van der Waals surface area (Å²) < 4.78 is 2.28. The van der Waals surface area contributed by atoms with Crippen LogP contribution in [0.1, 0.15) is 18.9 Å². The van der Waals surface area contributed by atoms with Gasteiger partial charge >= 0.3 is 0 Å². The predicted octanol–water partition coefficient (Wildman–Crippen LogP) is 3.11. The molecule has 0 amide bonds. The Morgan fingerprint density at radius 3 is 2.82 bits per heavy atom. The first-order valence-corrected chi connectivity index (χ1v) is 6.19. The van der Waals surface area contributed by atoms with Crippen LogP contribution in [0.15, 0.2) is 42.6 Å². The Bertz CT molecular complexity index is 523. The van der Waals surface area contributed by atoms with E-state index in [1.54, 1.807) is 0 Å². The molecule has 2 aromatic rings. The molecule has 1 aromatic heterocycles. The van der Waals surface area contributed by atoms with Crippen LogP contribution in [0, 0.1) is 0 Å². The van der Waals surface area contributed by atoms with Crippen molar-refractivity contribution < 1.29 is 0 Å². The number of fused-ring (bicyclic) bond motifs is 1. The lowest BCUT2D eigenvalue weighted by atomic mass is 10.1. The van der Waals surface area contributed by atoms with Crippen LogP contribution in [0.3, 0.4) is 0 Å². The van der Waals surface area contributed by atoms with Crippen molar-refractivity contribution >= 4 is 10.9 Å². The van der Waals surface area contributed by atoms with Gasteiger partial charge in [0.15, 0.2) is 0 Å². The number of para-hydroxylation sites is 1. The standard InChI is InChI=1S/C15H20N2/c1-3-12(2)10-17-11-13(8-9-16)14-6-4-5-7-15(14)17/h4-7,11H,2-3,8-10,16H2,1H3. The lowest BCUT2D eigenvalue weighted by molar-refractivity contribution is 0.784. The van der Waals surface area contributed by atoms with Gasteiger partial charge in [0.05, 0.1) is 0 Å². The molecular weight excluding hydrogens is 208 g/mol. The number of nitrogens with zero attached hydrogens (tertiary/aromatic N) is 1. The van der Waals surface area contributed by atoms with E-state index in [0.717, 1.165) is 19.4 Å². The fourth-order valence-corrected chi connectivity index (χ4v) is 2.16. The number of allylic oxidation sites excluding steroid dienone is 1. The van der Waals surface area contributed by atoms with E-state index in [-0.39, 0.29) is 0 Å². The zero-order valence-corrected chi connectivity index (χ0v) is 10.4. The molecule has 0 saturated carbocycles. The van der Waals surface area contributed by atoms with E-state index >= 15 is 0 Å². The quantitative estimate of drug-likeness (QED) is 0.783. The maximum atomic E-state index is 5.66. The van der Waals surface area contributed by atoms with Gasteiger partial charge < -0.3 is 10.3 Å². The summed E-state index contributed by atoms with van der Waals surface area (Å²) in [7, 11) is 0. The van der Waals surface area contributed by atoms with Gasteiger partial charge in [-0.25, -0.2) is 0 Å². The van der Waals surface area contributed by atoms with Gasteiger partial charge in [-0.3, -0.25) is 0 Å². The van der Waals surface area contributed by atoms with Crippen LogP contribution in [0.2, 0.25) is 0 Å². The van der Waals surface area contributed by atoms with Gasteiger partial charge in [-0.2, -0.15) is 0 Å². The third-order valence-electron chi connectivity index (χ3n) is 3.18. The summed E-state index contributed by atoms with van der Waals surface area (Å²) in [6.07, 6.45) is 4.18. The molecule has 2 heteroatoms. The second-order valence-corrected chi connectivity index (χ2v) is 4.44. The van der Waals surface area contributed by atoms with Crippen molar-refractivity contribution in [3.05, 3.63) is 48.2 Å². The minimum Gasteiger partial charge on any atom is -0.343 e. The summed E-state index contributed by atoms with van der Waals surface area (Å²) in [5, 5.41) is 1.32. The van der Waals surface area contributed by atoms with Crippen molar-refractivity contribution in [3.63, 3.8) is 0 Å². The molecule has 90 valence electrons. The zero-order chi connectivity index (χ0) is 12.3. The van der Waals surface area contributed by atoms with Crippen molar-refractivity contribution in [2.75, 3.05) is 6.54 Å². The Labute approximate surface area is 103 Å². The number of aromatic nitrogens is 1. The van der Waals surface area contributed by atoms with Crippen molar-refractivity contribution in [2.24, 2.45) is 5.73 Å². The Kier molecular flexibility index (Phi) is 3.64. The van der Waals surface area contributed by atoms with Gasteiger partial charge in [0.25, 0.3) is 0 Å². The lowest BCUT2D eigenvalue weighted by Crippen LogP contribution is -2.02. The summed E-state index contributed by atoms with van der Waals surface area (Å²) in [5.41, 5.74) is 9.54. The summed E-state index contributed by atoms with van der Waals surface area (Å²) >= 11 is 0. The fraction of sp³-hybridized carbons (Fsp3) is 0.333. The van der Waals surface area contributed by atoms with Crippen molar-refractivity contribution in [2.45, 2.75) is 26.3 Å². The number of rotatable bonds is 5. The molecule has 1 heterocycles. The molecule has 2 rings (SSSR count). The first kappa shape index (κ1) is 11.9. The number of nitrogens with two attached hydrogens (primary N) is 1.